The average molecular weight is 201 g/mol. The van der Waals surface area contributed by atoms with Crippen LogP contribution in [0, 0.1) is 5.41 Å². The van der Waals surface area contributed by atoms with Crippen LogP contribution in [0.2, 0.25) is 0 Å². The molecule has 0 rings (SSSR count). The van der Waals surface area contributed by atoms with Crippen molar-refractivity contribution >= 4 is 0 Å². The highest BCUT2D eigenvalue weighted by Crippen LogP contribution is 2.26. The first-order valence-corrected chi connectivity index (χ1v) is 5.88. The van der Waals surface area contributed by atoms with Gasteiger partial charge in [-0.3, -0.25) is 0 Å². The van der Waals surface area contributed by atoms with E-state index >= 15 is 0 Å². The third kappa shape index (κ3) is 6.39. The lowest BCUT2D eigenvalue weighted by atomic mass is 9.82. The second-order valence-corrected chi connectivity index (χ2v) is 4.44. The van der Waals surface area contributed by atoms with Crippen LogP contribution in [0.15, 0.2) is 0 Å². The molecule has 0 aliphatic carbocycles. The van der Waals surface area contributed by atoms with Gasteiger partial charge in [0.25, 0.3) is 0 Å². The SMILES string of the molecule is CCCCC(C)(CC)CNCCOC. The van der Waals surface area contributed by atoms with E-state index in [0.717, 1.165) is 19.7 Å². The van der Waals surface area contributed by atoms with Gasteiger partial charge in [-0.05, 0) is 18.3 Å². The molecule has 0 aromatic heterocycles. The zero-order chi connectivity index (χ0) is 10.9. The summed E-state index contributed by atoms with van der Waals surface area (Å²) < 4.78 is 5.01. The third-order valence-corrected chi connectivity index (χ3v) is 3.02. The Labute approximate surface area is 89.4 Å². The van der Waals surface area contributed by atoms with Crippen LogP contribution in [0.25, 0.3) is 0 Å². The van der Waals surface area contributed by atoms with E-state index in [-0.39, 0.29) is 0 Å². The molecule has 0 fully saturated rings. The van der Waals surface area contributed by atoms with E-state index in [1.165, 1.54) is 25.7 Å². The summed E-state index contributed by atoms with van der Waals surface area (Å²) in [6.07, 6.45) is 5.23. The molecule has 2 heteroatoms. The van der Waals surface area contributed by atoms with Gasteiger partial charge >= 0.3 is 0 Å². The van der Waals surface area contributed by atoms with Gasteiger partial charge in [0.05, 0.1) is 6.61 Å². The molecule has 0 amide bonds. The van der Waals surface area contributed by atoms with E-state index in [2.05, 4.69) is 26.1 Å². The summed E-state index contributed by atoms with van der Waals surface area (Å²) in [5, 5.41) is 3.46. The summed E-state index contributed by atoms with van der Waals surface area (Å²) in [7, 11) is 1.75. The van der Waals surface area contributed by atoms with Crippen LogP contribution in [-0.2, 0) is 4.74 Å². The number of rotatable bonds is 9. The Bertz CT molecular complexity index is 127. The van der Waals surface area contributed by atoms with Crippen molar-refractivity contribution in [1.29, 1.82) is 0 Å². The lowest BCUT2D eigenvalue weighted by Crippen LogP contribution is -2.33. The van der Waals surface area contributed by atoms with Crippen LogP contribution >= 0.6 is 0 Å². The number of ether oxygens (including phenoxy) is 1. The van der Waals surface area contributed by atoms with Crippen LogP contribution in [0.3, 0.4) is 0 Å². The lowest BCUT2D eigenvalue weighted by Gasteiger charge is -2.28. The van der Waals surface area contributed by atoms with Gasteiger partial charge in [-0.25, -0.2) is 0 Å². The molecule has 0 saturated heterocycles. The van der Waals surface area contributed by atoms with Crippen molar-refractivity contribution in [3.8, 4) is 0 Å². The van der Waals surface area contributed by atoms with Gasteiger partial charge in [0.1, 0.15) is 0 Å². The molecule has 0 spiro atoms. The highest BCUT2D eigenvalue weighted by molar-refractivity contribution is 4.75. The predicted octanol–water partition coefficient (Wildman–Crippen LogP) is 2.83. The maximum absolute atomic E-state index is 5.01. The van der Waals surface area contributed by atoms with E-state index in [0.29, 0.717) is 5.41 Å². The largest absolute Gasteiger partial charge is 0.383 e. The Kier molecular flexibility index (Phi) is 8.20. The van der Waals surface area contributed by atoms with Gasteiger partial charge in [0, 0.05) is 20.2 Å². The second kappa shape index (κ2) is 8.25. The smallest absolute Gasteiger partial charge is 0.0587 e. The van der Waals surface area contributed by atoms with Crippen molar-refractivity contribution < 1.29 is 4.74 Å². The molecule has 0 aliphatic heterocycles. The number of nitrogens with one attached hydrogen (secondary N) is 1. The fourth-order valence-corrected chi connectivity index (χ4v) is 1.56. The molecule has 0 radical (unpaired) electrons. The molecular formula is C12H27NO. The van der Waals surface area contributed by atoms with Gasteiger partial charge < -0.3 is 10.1 Å². The highest BCUT2D eigenvalue weighted by atomic mass is 16.5. The topological polar surface area (TPSA) is 21.3 Å². The first-order chi connectivity index (χ1) is 6.68. The fraction of sp³-hybridized carbons (Fsp3) is 1.00. The number of methoxy groups -OCH3 is 1. The van der Waals surface area contributed by atoms with Crippen molar-refractivity contribution in [2.45, 2.75) is 46.5 Å². The molecule has 0 aromatic carbocycles. The van der Waals surface area contributed by atoms with E-state index in [9.17, 15) is 0 Å². The van der Waals surface area contributed by atoms with E-state index < -0.39 is 0 Å². The first-order valence-electron chi connectivity index (χ1n) is 5.88. The molecule has 86 valence electrons. The molecule has 0 aromatic rings. The standard InChI is InChI=1S/C12H27NO/c1-5-7-8-12(3,6-2)11-13-9-10-14-4/h13H,5-11H2,1-4H3. The highest BCUT2D eigenvalue weighted by Gasteiger charge is 2.20. The number of hydrogen-bond acceptors (Lipinski definition) is 2. The molecular weight excluding hydrogens is 174 g/mol. The Morgan fingerprint density at radius 2 is 2.00 bits per heavy atom. The van der Waals surface area contributed by atoms with E-state index in [4.69, 9.17) is 4.74 Å². The molecule has 1 atom stereocenters. The van der Waals surface area contributed by atoms with Crippen LogP contribution < -0.4 is 5.32 Å². The molecule has 0 bridgehead atoms. The number of hydrogen-bond donors (Lipinski definition) is 1. The Balaban J connectivity index is 3.63. The van der Waals surface area contributed by atoms with Crippen LogP contribution in [0.4, 0.5) is 0 Å². The summed E-state index contributed by atoms with van der Waals surface area (Å²) in [5.41, 5.74) is 0.476. The van der Waals surface area contributed by atoms with Crippen molar-refractivity contribution in [1.82, 2.24) is 5.32 Å². The molecule has 1 N–H and O–H groups in total. The Morgan fingerprint density at radius 1 is 1.29 bits per heavy atom. The van der Waals surface area contributed by atoms with Crippen molar-refractivity contribution in [2.24, 2.45) is 5.41 Å². The average Bonchev–Trinajstić information content (AvgIpc) is 2.22. The minimum absolute atomic E-state index is 0.476. The summed E-state index contributed by atoms with van der Waals surface area (Å²) in [6, 6.07) is 0. The number of unbranched alkanes of at least 4 members (excludes halogenated alkanes) is 1. The zero-order valence-corrected chi connectivity index (χ0v) is 10.4. The molecule has 0 heterocycles. The van der Waals surface area contributed by atoms with Gasteiger partial charge in [0.2, 0.25) is 0 Å². The lowest BCUT2D eigenvalue weighted by molar-refractivity contribution is 0.188. The molecule has 1 unspecified atom stereocenters. The van der Waals surface area contributed by atoms with Crippen molar-refractivity contribution in [3.63, 3.8) is 0 Å². The third-order valence-electron chi connectivity index (χ3n) is 3.02. The van der Waals surface area contributed by atoms with Crippen LogP contribution in [0.5, 0.6) is 0 Å². The van der Waals surface area contributed by atoms with E-state index in [1.54, 1.807) is 7.11 Å². The molecule has 2 nitrogen and oxygen atoms in total. The minimum atomic E-state index is 0.476. The maximum atomic E-state index is 5.01. The monoisotopic (exact) mass is 201 g/mol. The summed E-state index contributed by atoms with van der Waals surface area (Å²) in [6.45, 7) is 9.82. The summed E-state index contributed by atoms with van der Waals surface area (Å²) in [5.74, 6) is 0. The Morgan fingerprint density at radius 3 is 2.50 bits per heavy atom. The second-order valence-electron chi connectivity index (χ2n) is 4.44. The van der Waals surface area contributed by atoms with Gasteiger partial charge in [-0.2, -0.15) is 0 Å². The molecule has 14 heavy (non-hydrogen) atoms. The van der Waals surface area contributed by atoms with E-state index in [1.807, 2.05) is 0 Å². The van der Waals surface area contributed by atoms with Crippen LogP contribution in [-0.4, -0.2) is 26.8 Å². The normalized spacial score (nSPS) is 15.4. The van der Waals surface area contributed by atoms with Gasteiger partial charge in [-0.1, -0.05) is 33.6 Å². The predicted molar refractivity (Wildman–Crippen MR) is 62.7 cm³/mol. The van der Waals surface area contributed by atoms with Crippen molar-refractivity contribution in [3.05, 3.63) is 0 Å². The van der Waals surface area contributed by atoms with Gasteiger partial charge in [-0.15, -0.1) is 0 Å². The Hall–Kier alpha value is -0.0800. The quantitative estimate of drug-likeness (QED) is 0.579. The van der Waals surface area contributed by atoms with Gasteiger partial charge in [0.15, 0.2) is 0 Å². The summed E-state index contributed by atoms with van der Waals surface area (Å²) >= 11 is 0. The molecule has 0 saturated carbocycles. The summed E-state index contributed by atoms with van der Waals surface area (Å²) in [4.78, 5) is 0. The minimum Gasteiger partial charge on any atom is -0.383 e. The zero-order valence-electron chi connectivity index (χ0n) is 10.4. The maximum Gasteiger partial charge on any atom is 0.0587 e. The fourth-order valence-electron chi connectivity index (χ4n) is 1.56. The van der Waals surface area contributed by atoms with Crippen molar-refractivity contribution in [2.75, 3.05) is 26.8 Å². The first kappa shape index (κ1) is 13.9. The van der Waals surface area contributed by atoms with Crippen LogP contribution in [0.1, 0.15) is 46.5 Å². The molecule has 0 aliphatic rings.